The van der Waals surface area contributed by atoms with Gasteiger partial charge in [0.1, 0.15) is 17.7 Å². The summed E-state index contributed by atoms with van der Waals surface area (Å²) in [5, 5.41) is 18.5. The van der Waals surface area contributed by atoms with Gasteiger partial charge in [-0.15, -0.1) is 0 Å². The molecule has 0 saturated heterocycles. The second-order valence-corrected chi connectivity index (χ2v) is 10.2. The number of carbonyl (C=O) groups excluding carboxylic acids is 1. The monoisotopic (exact) mass is 485 g/mol. The smallest absolute Gasteiger partial charge is 0.333 e. The summed E-state index contributed by atoms with van der Waals surface area (Å²) < 4.78 is 5.14. The maximum absolute atomic E-state index is 11.4. The molecule has 1 aliphatic rings. The first kappa shape index (κ1) is 28.7. The highest BCUT2D eigenvalue weighted by Crippen LogP contribution is 2.39. The molecule has 1 aromatic rings. The number of allylic oxidation sites excluding steroid dienone is 5. The molecule has 0 aromatic heterocycles. The van der Waals surface area contributed by atoms with Gasteiger partial charge in [-0.1, -0.05) is 57.2 Å². The van der Waals surface area contributed by atoms with Crippen LogP contribution in [0.1, 0.15) is 71.8 Å². The number of benzene rings is 1. The van der Waals surface area contributed by atoms with E-state index < -0.39 is 0 Å². The van der Waals surface area contributed by atoms with Crippen molar-refractivity contribution in [3.05, 3.63) is 70.9 Å². The van der Waals surface area contributed by atoms with Crippen molar-refractivity contribution in [3.8, 4) is 12.1 Å². The molecule has 1 aliphatic carbocycles. The molecule has 0 aliphatic heterocycles. The molecule has 0 amide bonds. The van der Waals surface area contributed by atoms with Crippen LogP contribution in [-0.2, 0) is 9.53 Å². The second-order valence-electron chi connectivity index (χ2n) is 10.2. The minimum absolute atomic E-state index is 0.0171. The van der Waals surface area contributed by atoms with Crippen molar-refractivity contribution < 1.29 is 9.53 Å². The molecule has 0 saturated carbocycles. The van der Waals surface area contributed by atoms with E-state index in [0.717, 1.165) is 68.3 Å². The van der Waals surface area contributed by atoms with Gasteiger partial charge in [0.25, 0.3) is 0 Å². The van der Waals surface area contributed by atoms with Gasteiger partial charge in [-0.05, 0) is 80.2 Å². The number of carbonyl (C=O) groups is 1. The molecule has 0 bridgehead atoms. The molecule has 1 aromatic carbocycles. The number of hydrogen-bond donors (Lipinski definition) is 0. The van der Waals surface area contributed by atoms with Crippen LogP contribution in [0.15, 0.2) is 65.3 Å². The summed E-state index contributed by atoms with van der Waals surface area (Å²) in [5.41, 5.74) is 4.97. The highest BCUT2D eigenvalue weighted by molar-refractivity contribution is 5.86. The number of ether oxygens (including phenoxy) is 1. The lowest BCUT2D eigenvalue weighted by Gasteiger charge is -2.30. The van der Waals surface area contributed by atoms with Gasteiger partial charge in [0, 0.05) is 24.4 Å². The zero-order chi connectivity index (χ0) is 26.6. The Hall–Kier alpha value is -3.57. The van der Waals surface area contributed by atoms with Gasteiger partial charge in [0.15, 0.2) is 0 Å². The number of nitriles is 2. The summed E-state index contributed by atoms with van der Waals surface area (Å²) in [6.45, 7) is 14.2. The third-order valence-corrected chi connectivity index (χ3v) is 6.29. The maximum Gasteiger partial charge on any atom is 0.333 e. The van der Waals surface area contributed by atoms with Crippen LogP contribution in [0, 0.1) is 28.1 Å². The predicted molar refractivity (Wildman–Crippen MR) is 147 cm³/mol. The fourth-order valence-electron chi connectivity index (χ4n) is 4.41. The van der Waals surface area contributed by atoms with Crippen molar-refractivity contribution in [2.75, 3.05) is 24.6 Å². The van der Waals surface area contributed by atoms with Crippen LogP contribution < -0.4 is 4.90 Å². The molecule has 0 heterocycles. The van der Waals surface area contributed by atoms with E-state index in [1.165, 1.54) is 5.69 Å². The lowest BCUT2D eigenvalue weighted by atomic mass is 9.74. The number of nitrogens with zero attached hydrogens (tertiary/aromatic N) is 3. The molecule has 5 nitrogen and oxygen atoms in total. The van der Waals surface area contributed by atoms with Gasteiger partial charge < -0.3 is 9.64 Å². The Labute approximate surface area is 217 Å². The molecule has 0 N–H and O–H groups in total. The molecule has 2 rings (SSSR count). The largest absolute Gasteiger partial charge is 0.462 e. The van der Waals surface area contributed by atoms with E-state index in [4.69, 9.17) is 4.74 Å². The Kier molecular flexibility index (Phi) is 11.2. The maximum atomic E-state index is 11.4. The normalized spacial score (nSPS) is 14.5. The van der Waals surface area contributed by atoms with Crippen LogP contribution in [-0.4, -0.2) is 25.7 Å². The third-order valence-electron chi connectivity index (χ3n) is 6.29. The van der Waals surface area contributed by atoms with Gasteiger partial charge in [-0.25, -0.2) is 4.79 Å². The molecule has 0 spiro atoms. The predicted octanol–water partition coefficient (Wildman–Crippen LogP) is 7.30. The third kappa shape index (κ3) is 9.23. The van der Waals surface area contributed by atoms with E-state index in [0.29, 0.717) is 12.2 Å². The van der Waals surface area contributed by atoms with Crippen LogP contribution in [0.2, 0.25) is 0 Å². The Balaban J connectivity index is 1.90. The number of rotatable bonds is 12. The van der Waals surface area contributed by atoms with Crippen LogP contribution in [0.4, 0.5) is 5.69 Å². The van der Waals surface area contributed by atoms with E-state index in [1.54, 1.807) is 6.92 Å². The van der Waals surface area contributed by atoms with Crippen LogP contribution in [0.5, 0.6) is 0 Å². The molecule has 36 heavy (non-hydrogen) atoms. The zero-order valence-electron chi connectivity index (χ0n) is 22.3. The van der Waals surface area contributed by atoms with Crippen LogP contribution >= 0.6 is 0 Å². The first-order valence-electron chi connectivity index (χ1n) is 12.8. The van der Waals surface area contributed by atoms with Gasteiger partial charge in [-0.3, -0.25) is 0 Å². The summed E-state index contributed by atoms with van der Waals surface area (Å²) >= 11 is 0. The lowest BCUT2D eigenvalue weighted by Crippen LogP contribution is -2.23. The Bertz CT molecular complexity index is 1080. The van der Waals surface area contributed by atoms with E-state index in [1.807, 2.05) is 18.2 Å². The fraction of sp³-hybridized carbons (Fsp3) is 0.452. The number of anilines is 1. The molecule has 0 fully saturated rings. The van der Waals surface area contributed by atoms with Gasteiger partial charge >= 0.3 is 5.97 Å². The van der Waals surface area contributed by atoms with Crippen LogP contribution in [0.25, 0.3) is 6.08 Å². The summed E-state index contributed by atoms with van der Waals surface area (Å²) in [6.07, 6.45) is 12.0. The first-order valence-corrected chi connectivity index (χ1v) is 12.8. The Morgan fingerprint density at radius 1 is 1.08 bits per heavy atom. The van der Waals surface area contributed by atoms with E-state index >= 15 is 0 Å². The van der Waals surface area contributed by atoms with Crippen molar-refractivity contribution in [2.24, 2.45) is 5.41 Å². The van der Waals surface area contributed by atoms with Gasteiger partial charge in [0.05, 0.1) is 6.61 Å². The minimum atomic E-state index is -0.307. The van der Waals surface area contributed by atoms with Crippen molar-refractivity contribution in [3.63, 3.8) is 0 Å². The highest BCUT2D eigenvalue weighted by Gasteiger charge is 2.26. The second kappa shape index (κ2) is 14.1. The van der Waals surface area contributed by atoms with Crippen molar-refractivity contribution in [1.29, 1.82) is 10.5 Å². The lowest BCUT2D eigenvalue weighted by molar-refractivity contribution is -0.139. The van der Waals surface area contributed by atoms with E-state index in [9.17, 15) is 15.3 Å². The quantitative estimate of drug-likeness (QED) is 0.134. The Morgan fingerprint density at radius 3 is 2.36 bits per heavy atom. The summed E-state index contributed by atoms with van der Waals surface area (Å²) in [7, 11) is 0. The van der Waals surface area contributed by atoms with E-state index in [2.05, 4.69) is 68.7 Å². The van der Waals surface area contributed by atoms with Gasteiger partial charge in [-0.2, -0.15) is 10.5 Å². The van der Waals surface area contributed by atoms with Crippen molar-refractivity contribution in [1.82, 2.24) is 0 Å². The standard InChI is InChI=1S/C31H39N3O2/c1-6-34(17-9-7-8-10-18-36-30(35)24(2)3)29-15-13-25(14-16-29)11-12-26-19-27(28(22-32)23-33)21-31(4,5)20-26/h11-16,19H,2,6-10,17-18,20-21H2,1,3-5H3/b12-11+. The molecule has 190 valence electrons. The Morgan fingerprint density at radius 2 is 1.75 bits per heavy atom. The topological polar surface area (TPSA) is 77.1 Å². The number of unbranched alkanes of at least 4 members (excludes halogenated alkanes) is 3. The first-order chi connectivity index (χ1) is 17.2. The highest BCUT2D eigenvalue weighted by atomic mass is 16.5. The molecule has 0 unspecified atom stereocenters. The average Bonchev–Trinajstić information content (AvgIpc) is 2.84. The summed E-state index contributed by atoms with van der Waals surface area (Å²) in [6, 6.07) is 12.7. The summed E-state index contributed by atoms with van der Waals surface area (Å²) in [5.74, 6) is -0.307. The van der Waals surface area contributed by atoms with Crippen molar-refractivity contribution >= 4 is 17.7 Å². The average molecular weight is 486 g/mol. The molecular formula is C31H39N3O2. The summed E-state index contributed by atoms with van der Waals surface area (Å²) in [4.78, 5) is 13.8. The molecular weight excluding hydrogens is 446 g/mol. The molecule has 0 atom stereocenters. The SMILES string of the molecule is C=C(C)C(=O)OCCCCCCN(CC)c1ccc(/C=C/C2=CC(=C(C#N)C#N)CC(C)(C)C2)cc1. The minimum Gasteiger partial charge on any atom is -0.462 e. The van der Waals surface area contributed by atoms with Gasteiger partial charge in [0.2, 0.25) is 0 Å². The molecule has 5 heteroatoms. The fourth-order valence-corrected chi connectivity index (χ4v) is 4.41. The van der Waals surface area contributed by atoms with Crippen LogP contribution in [0.3, 0.4) is 0 Å². The number of esters is 1. The van der Waals surface area contributed by atoms with Crippen molar-refractivity contribution in [2.45, 2.75) is 66.2 Å². The number of hydrogen-bond acceptors (Lipinski definition) is 5. The zero-order valence-corrected chi connectivity index (χ0v) is 22.3. The molecule has 0 radical (unpaired) electrons. The van der Waals surface area contributed by atoms with E-state index in [-0.39, 0.29) is 17.0 Å².